The van der Waals surface area contributed by atoms with Gasteiger partial charge >= 0.3 is 5.97 Å². The Morgan fingerprint density at radius 3 is 2.50 bits per heavy atom. The SMILES string of the molecule is Cc1cc(C)cc(NC(=O)C(C#N)=Cc2cn(CC(=O)O)c3ccccc23)c1. The predicted molar refractivity (Wildman–Crippen MR) is 108 cm³/mol. The first-order valence-corrected chi connectivity index (χ1v) is 8.68. The van der Waals surface area contributed by atoms with Crippen molar-refractivity contribution in [1.29, 1.82) is 5.26 Å². The van der Waals surface area contributed by atoms with Gasteiger partial charge in [0.25, 0.3) is 5.91 Å². The Bertz CT molecular complexity index is 1130. The molecule has 3 aromatic rings. The van der Waals surface area contributed by atoms with Crippen LogP contribution < -0.4 is 5.32 Å². The maximum atomic E-state index is 12.6. The van der Waals surface area contributed by atoms with E-state index in [9.17, 15) is 14.9 Å². The number of carboxylic acid groups (broad SMARTS) is 1. The van der Waals surface area contributed by atoms with E-state index in [-0.39, 0.29) is 12.1 Å². The van der Waals surface area contributed by atoms with Crippen LogP contribution in [0.15, 0.2) is 54.2 Å². The number of aryl methyl sites for hydroxylation is 2. The second-order valence-electron chi connectivity index (χ2n) is 6.62. The van der Waals surface area contributed by atoms with E-state index in [2.05, 4.69) is 5.32 Å². The van der Waals surface area contributed by atoms with E-state index < -0.39 is 11.9 Å². The van der Waals surface area contributed by atoms with Gasteiger partial charge in [0.2, 0.25) is 0 Å². The summed E-state index contributed by atoms with van der Waals surface area (Å²) in [6.45, 7) is 3.66. The van der Waals surface area contributed by atoms with Crippen molar-refractivity contribution in [3.05, 3.63) is 70.9 Å². The number of carbonyl (C=O) groups is 2. The highest BCUT2D eigenvalue weighted by molar-refractivity contribution is 6.10. The van der Waals surface area contributed by atoms with Gasteiger partial charge in [0.05, 0.1) is 0 Å². The Morgan fingerprint density at radius 1 is 1.18 bits per heavy atom. The van der Waals surface area contributed by atoms with Crippen molar-refractivity contribution in [2.45, 2.75) is 20.4 Å². The summed E-state index contributed by atoms with van der Waals surface area (Å²) >= 11 is 0. The van der Waals surface area contributed by atoms with Crippen molar-refractivity contribution in [3.63, 3.8) is 0 Å². The maximum Gasteiger partial charge on any atom is 0.323 e. The van der Waals surface area contributed by atoms with Crippen molar-refractivity contribution in [1.82, 2.24) is 4.57 Å². The number of carboxylic acids is 1. The highest BCUT2D eigenvalue weighted by Gasteiger charge is 2.14. The minimum Gasteiger partial charge on any atom is -0.480 e. The van der Waals surface area contributed by atoms with Crippen LogP contribution in [0.2, 0.25) is 0 Å². The van der Waals surface area contributed by atoms with Crippen LogP contribution in [0.1, 0.15) is 16.7 Å². The Morgan fingerprint density at radius 2 is 1.86 bits per heavy atom. The molecule has 28 heavy (non-hydrogen) atoms. The second-order valence-corrected chi connectivity index (χ2v) is 6.62. The molecule has 0 radical (unpaired) electrons. The minimum absolute atomic E-state index is 0.0580. The van der Waals surface area contributed by atoms with Gasteiger partial charge in [0, 0.05) is 28.4 Å². The summed E-state index contributed by atoms with van der Waals surface area (Å²) in [5.74, 6) is -1.48. The van der Waals surface area contributed by atoms with Crippen molar-refractivity contribution < 1.29 is 14.7 Å². The van der Waals surface area contributed by atoms with Gasteiger partial charge in [-0.05, 0) is 49.2 Å². The molecule has 0 aliphatic rings. The molecule has 2 aromatic carbocycles. The van der Waals surface area contributed by atoms with E-state index in [0.717, 1.165) is 22.0 Å². The van der Waals surface area contributed by atoms with Crippen molar-refractivity contribution in [2.24, 2.45) is 0 Å². The lowest BCUT2D eigenvalue weighted by molar-refractivity contribution is -0.137. The van der Waals surface area contributed by atoms with Crippen LogP contribution in [0.25, 0.3) is 17.0 Å². The number of aliphatic carboxylic acids is 1. The zero-order valence-electron chi connectivity index (χ0n) is 15.6. The number of aromatic nitrogens is 1. The fourth-order valence-electron chi connectivity index (χ4n) is 3.22. The third kappa shape index (κ3) is 4.10. The first kappa shape index (κ1) is 18.9. The first-order valence-electron chi connectivity index (χ1n) is 8.68. The number of amides is 1. The highest BCUT2D eigenvalue weighted by atomic mass is 16.4. The van der Waals surface area contributed by atoms with E-state index in [1.54, 1.807) is 16.8 Å². The number of rotatable bonds is 5. The fraction of sp³-hybridized carbons (Fsp3) is 0.136. The molecule has 0 fully saturated rings. The van der Waals surface area contributed by atoms with Gasteiger partial charge < -0.3 is 15.0 Å². The fourth-order valence-corrected chi connectivity index (χ4v) is 3.22. The predicted octanol–water partition coefficient (Wildman–Crippen LogP) is 3.89. The van der Waals surface area contributed by atoms with E-state index in [4.69, 9.17) is 5.11 Å². The van der Waals surface area contributed by atoms with Gasteiger partial charge in [0.15, 0.2) is 0 Å². The third-order valence-corrected chi connectivity index (χ3v) is 4.27. The van der Waals surface area contributed by atoms with Crippen LogP contribution in [-0.4, -0.2) is 21.6 Å². The molecule has 0 aliphatic heterocycles. The van der Waals surface area contributed by atoms with Gasteiger partial charge in [-0.3, -0.25) is 9.59 Å². The van der Waals surface area contributed by atoms with Gasteiger partial charge in [-0.25, -0.2) is 0 Å². The highest BCUT2D eigenvalue weighted by Crippen LogP contribution is 2.24. The number of nitrogens with one attached hydrogen (secondary N) is 1. The average molecular weight is 373 g/mol. The number of fused-ring (bicyclic) bond motifs is 1. The standard InChI is InChI=1S/C22H19N3O3/c1-14-7-15(2)9-18(8-14)24-22(28)16(11-23)10-17-12-25(13-21(26)27)20-6-4-3-5-19(17)20/h3-10,12H,13H2,1-2H3,(H,24,28)(H,26,27). The molecule has 0 saturated heterocycles. The summed E-state index contributed by atoms with van der Waals surface area (Å²) in [5, 5.41) is 22.1. The van der Waals surface area contributed by atoms with Crippen molar-refractivity contribution >= 4 is 34.5 Å². The largest absolute Gasteiger partial charge is 0.480 e. The molecule has 0 aliphatic carbocycles. The van der Waals surface area contributed by atoms with E-state index in [0.29, 0.717) is 11.3 Å². The molecular weight excluding hydrogens is 354 g/mol. The summed E-state index contributed by atoms with van der Waals surface area (Å²) in [6, 6.07) is 14.9. The minimum atomic E-state index is -0.968. The van der Waals surface area contributed by atoms with Crippen LogP contribution in [0.3, 0.4) is 0 Å². The zero-order valence-corrected chi connectivity index (χ0v) is 15.6. The molecule has 6 nitrogen and oxygen atoms in total. The topological polar surface area (TPSA) is 95.1 Å². The summed E-state index contributed by atoms with van der Waals surface area (Å²) in [4.78, 5) is 23.7. The maximum absolute atomic E-state index is 12.6. The molecule has 1 heterocycles. The van der Waals surface area contributed by atoms with Crippen molar-refractivity contribution in [3.8, 4) is 6.07 Å². The van der Waals surface area contributed by atoms with E-state index in [1.807, 2.05) is 56.3 Å². The quantitative estimate of drug-likeness (QED) is 0.524. The van der Waals surface area contributed by atoms with Gasteiger partial charge in [0.1, 0.15) is 18.2 Å². The Hall–Kier alpha value is -3.85. The molecule has 1 amide bonds. The number of para-hydroxylation sites is 1. The van der Waals surface area contributed by atoms with E-state index >= 15 is 0 Å². The smallest absolute Gasteiger partial charge is 0.323 e. The molecule has 0 saturated carbocycles. The zero-order chi connectivity index (χ0) is 20.3. The number of benzene rings is 2. The van der Waals surface area contributed by atoms with Gasteiger partial charge in [-0.1, -0.05) is 24.3 Å². The lowest BCUT2D eigenvalue weighted by Gasteiger charge is -2.07. The van der Waals surface area contributed by atoms with Gasteiger partial charge in [-0.15, -0.1) is 0 Å². The second kappa shape index (κ2) is 7.80. The Labute approximate surface area is 162 Å². The third-order valence-electron chi connectivity index (χ3n) is 4.27. The first-order chi connectivity index (χ1) is 13.4. The summed E-state index contributed by atoms with van der Waals surface area (Å²) in [6.07, 6.45) is 3.12. The van der Waals surface area contributed by atoms with Crippen LogP contribution in [0.5, 0.6) is 0 Å². The summed E-state index contributed by atoms with van der Waals surface area (Å²) in [7, 11) is 0. The van der Waals surface area contributed by atoms with Gasteiger partial charge in [-0.2, -0.15) is 5.26 Å². The number of carbonyl (C=O) groups excluding carboxylic acids is 1. The van der Waals surface area contributed by atoms with Crippen LogP contribution in [0.4, 0.5) is 5.69 Å². The summed E-state index contributed by atoms with van der Waals surface area (Å²) in [5.41, 5.74) is 3.92. The summed E-state index contributed by atoms with van der Waals surface area (Å²) < 4.78 is 1.58. The number of hydrogen-bond donors (Lipinski definition) is 2. The molecular formula is C22H19N3O3. The van der Waals surface area contributed by atoms with Crippen LogP contribution in [-0.2, 0) is 16.1 Å². The lowest BCUT2D eigenvalue weighted by Crippen LogP contribution is -2.13. The molecule has 3 rings (SSSR count). The number of nitrogens with zero attached hydrogens (tertiary/aromatic N) is 2. The monoisotopic (exact) mass is 373 g/mol. The molecule has 140 valence electrons. The number of anilines is 1. The molecule has 6 heteroatoms. The molecule has 0 atom stereocenters. The molecule has 0 unspecified atom stereocenters. The van der Waals surface area contributed by atoms with Crippen LogP contribution in [0, 0.1) is 25.2 Å². The van der Waals surface area contributed by atoms with Crippen molar-refractivity contribution in [2.75, 3.05) is 5.32 Å². The molecule has 1 aromatic heterocycles. The lowest BCUT2D eigenvalue weighted by atomic mass is 10.1. The average Bonchev–Trinajstić information content (AvgIpc) is 2.95. The number of hydrogen-bond acceptors (Lipinski definition) is 3. The van der Waals surface area contributed by atoms with Crippen LogP contribution >= 0.6 is 0 Å². The van der Waals surface area contributed by atoms with E-state index in [1.165, 1.54) is 6.08 Å². The molecule has 0 bridgehead atoms. The Balaban J connectivity index is 1.97. The Kier molecular flexibility index (Phi) is 5.28. The molecule has 2 N–H and O–H groups in total. The normalized spacial score (nSPS) is 11.2. The molecule has 0 spiro atoms. The number of nitriles is 1.